The van der Waals surface area contributed by atoms with Gasteiger partial charge in [-0.1, -0.05) is 39.8 Å². The zero-order chi connectivity index (χ0) is 35.5. The second-order valence-corrected chi connectivity index (χ2v) is 14.7. The van der Waals surface area contributed by atoms with Gasteiger partial charge >= 0.3 is 11.9 Å². The van der Waals surface area contributed by atoms with Crippen LogP contribution in [-0.4, -0.2) is 71.5 Å². The van der Waals surface area contributed by atoms with Crippen LogP contribution in [0.4, 0.5) is 0 Å². The molecule has 4 heterocycles. The molecular weight excluding hydrogens is 636 g/mol. The van der Waals surface area contributed by atoms with Gasteiger partial charge in [-0.25, -0.2) is 14.6 Å². The highest BCUT2D eigenvalue weighted by molar-refractivity contribution is 5.91. The predicted octanol–water partition coefficient (Wildman–Crippen LogP) is 4.04. The van der Waals surface area contributed by atoms with Crippen LogP contribution in [0.3, 0.4) is 0 Å². The quantitative estimate of drug-likeness (QED) is 0.202. The fourth-order valence-corrected chi connectivity index (χ4v) is 7.96. The van der Waals surface area contributed by atoms with Gasteiger partial charge < -0.3 is 34.7 Å². The molecule has 0 aromatic heterocycles. The third kappa shape index (κ3) is 8.22. The summed E-state index contributed by atoms with van der Waals surface area (Å²) >= 11 is 0. The van der Waals surface area contributed by atoms with Crippen molar-refractivity contribution in [3.05, 3.63) is 29.8 Å². The molecule has 4 aliphatic heterocycles. The number of ether oxygens (including phenoxy) is 4. The standard InChI is InChI=1S/C36H52N2O11/c1-7-44-32(43)28(19-23-9-11-24(39)12-10-23)38-31(42)27(18-20(2)3)37-29(40)14-15-30(41)45-33-22(5)26-13-8-21(4)25-16-17-35(6)47-34(46-33)36(25,26)49-48-35/h9-12,20-22,25-28,33-34,39H,7-8,13-19H2,1-6H3,(H,37,40)(H,38,42)/t21-,22-,25+,26+,27+,28+,33-,34-,35?,36-/m1/s1. The summed E-state index contributed by atoms with van der Waals surface area (Å²) in [7, 11) is 0. The largest absolute Gasteiger partial charge is 0.508 e. The third-order valence-corrected chi connectivity index (χ3v) is 10.5. The van der Waals surface area contributed by atoms with E-state index in [4.69, 9.17) is 28.7 Å². The van der Waals surface area contributed by atoms with Crippen LogP contribution >= 0.6 is 0 Å². The summed E-state index contributed by atoms with van der Waals surface area (Å²) in [4.78, 5) is 64.3. The average molecular weight is 689 g/mol. The first-order chi connectivity index (χ1) is 23.2. The number of rotatable bonds is 13. The highest BCUT2D eigenvalue weighted by Gasteiger charge is 2.69. The Kier molecular flexibility index (Phi) is 11.6. The molecule has 2 amide bonds. The summed E-state index contributed by atoms with van der Waals surface area (Å²) in [5, 5.41) is 15.1. The van der Waals surface area contributed by atoms with E-state index in [0.717, 1.165) is 19.3 Å². The molecule has 3 N–H and O–H groups in total. The highest BCUT2D eigenvalue weighted by atomic mass is 17.3. The molecule has 6 rings (SSSR count). The summed E-state index contributed by atoms with van der Waals surface area (Å²) < 4.78 is 23.7. The molecule has 10 atom stereocenters. The molecule has 272 valence electrons. The number of benzene rings is 1. The maximum atomic E-state index is 13.4. The second kappa shape index (κ2) is 15.3. The lowest BCUT2D eigenvalue weighted by molar-refractivity contribution is -0.576. The van der Waals surface area contributed by atoms with Gasteiger partial charge in [0.25, 0.3) is 0 Å². The average Bonchev–Trinajstić information content (AvgIpc) is 3.28. The van der Waals surface area contributed by atoms with E-state index in [1.54, 1.807) is 19.1 Å². The molecule has 5 fully saturated rings. The Morgan fingerprint density at radius 1 is 0.980 bits per heavy atom. The van der Waals surface area contributed by atoms with E-state index in [-0.39, 0.29) is 55.3 Å². The third-order valence-electron chi connectivity index (χ3n) is 10.5. The number of amides is 2. The Bertz CT molecular complexity index is 1350. The van der Waals surface area contributed by atoms with Gasteiger partial charge in [0.1, 0.15) is 17.8 Å². The van der Waals surface area contributed by atoms with E-state index >= 15 is 0 Å². The highest BCUT2D eigenvalue weighted by Crippen LogP contribution is 2.60. The van der Waals surface area contributed by atoms with Gasteiger partial charge in [-0.05, 0) is 75.0 Å². The number of esters is 2. The van der Waals surface area contributed by atoms with E-state index < -0.39 is 59.8 Å². The van der Waals surface area contributed by atoms with Crippen molar-refractivity contribution in [2.24, 2.45) is 29.6 Å². The molecule has 1 saturated carbocycles. The summed E-state index contributed by atoms with van der Waals surface area (Å²) in [6, 6.07) is 4.33. The van der Waals surface area contributed by atoms with Crippen molar-refractivity contribution in [3.63, 3.8) is 0 Å². The van der Waals surface area contributed by atoms with Crippen molar-refractivity contribution >= 4 is 23.8 Å². The Balaban J connectivity index is 1.18. The van der Waals surface area contributed by atoms with Gasteiger partial charge in [0.15, 0.2) is 11.9 Å². The van der Waals surface area contributed by atoms with Crippen LogP contribution in [-0.2, 0) is 54.3 Å². The van der Waals surface area contributed by atoms with Gasteiger partial charge in [0.05, 0.1) is 13.0 Å². The fraction of sp³-hybridized carbons (Fsp3) is 0.722. The van der Waals surface area contributed by atoms with Gasteiger partial charge in [0.2, 0.25) is 23.9 Å². The van der Waals surface area contributed by atoms with E-state index in [0.29, 0.717) is 24.3 Å². The van der Waals surface area contributed by atoms with E-state index in [2.05, 4.69) is 17.6 Å². The maximum Gasteiger partial charge on any atom is 0.328 e. The first kappa shape index (κ1) is 37.0. The fourth-order valence-electron chi connectivity index (χ4n) is 7.96. The summed E-state index contributed by atoms with van der Waals surface area (Å²) in [5.41, 5.74) is -0.0744. The number of fused-ring (bicyclic) bond motifs is 2. The Hall–Kier alpha value is -3.26. The predicted molar refractivity (Wildman–Crippen MR) is 174 cm³/mol. The first-order valence-corrected chi connectivity index (χ1v) is 17.7. The van der Waals surface area contributed by atoms with Crippen LogP contribution in [0.1, 0.15) is 92.1 Å². The molecule has 1 spiro atoms. The first-order valence-electron chi connectivity index (χ1n) is 17.7. The SMILES string of the molecule is CCOC(=O)[C@H](Cc1ccc(O)cc1)NC(=O)[C@H](CC(C)C)NC(=O)CCC(=O)O[C@@H]1O[C@@H]2OC3(C)CC[C@H]4[C@H](C)CC[C@@H]([C@H]1C)[C@@]24OO3. The van der Waals surface area contributed by atoms with Gasteiger partial charge in [-0.15, -0.1) is 0 Å². The summed E-state index contributed by atoms with van der Waals surface area (Å²) in [6.07, 6.45) is 1.78. The molecule has 0 radical (unpaired) electrons. The molecule has 1 unspecified atom stereocenters. The smallest absolute Gasteiger partial charge is 0.328 e. The van der Waals surface area contributed by atoms with Gasteiger partial charge in [0, 0.05) is 31.1 Å². The van der Waals surface area contributed by atoms with E-state index in [1.165, 1.54) is 12.1 Å². The van der Waals surface area contributed by atoms with Crippen molar-refractivity contribution in [3.8, 4) is 5.75 Å². The van der Waals surface area contributed by atoms with Crippen LogP contribution in [0, 0.1) is 29.6 Å². The molecule has 1 aromatic rings. The van der Waals surface area contributed by atoms with Gasteiger partial charge in [-0.2, -0.15) is 0 Å². The van der Waals surface area contributed by atoms with Crippen molar-refractivity contribution in [2.45, 2.75) is 129 Å². The number of aromatic hydroxyl groups is 1. The molecule has 13 nitrogen and oxygen atoms in total. The molecule has 4 saturated heterocycles. The molecule has 1 aromatic carbocycles. The van der Waals surface area contributed by atoms with Crippen LogP contribution < -0.4 is 10.6 Å². The number of hydrogen-bond donors (Lipinski definition) is 3. The number of carbonyl (C=O) groups excluding carboxylic acids is 4. The monoisotopic (exact) mass is 688 g/mol. The zero-order valence-corrected chi connectivity index (χ0v) is 29.4. The molecule has 2 bridgehead atoms. The lowest BCUT2D eigenvalue weighted by atomic mass is 9.58. The Morgan fingerprint density at radius 3 is 2.41 bits per heavy atom. The summed E-state index contributed by atoms with van der Waals surface area (Å²) in [6.45, 7) is 11.7. The van der Waals surface area contributed by atoms with E-state index in [9.17, 15) is 24.3 Å². The Labute approximate surface area is 288 Å². The van der Waals surface area contributed by atoms with Crippen LogP contribution in [0.2, 0.25) is 0 Å². The minimum Gasteiger partial charge on any atom is -0.508 e. The molecular formula is C36H52N2O11. The molecule has 49 heavy (non-hydrogen) atoms. The number of phenolic OH excluding ortho intramolecular Hbond substituents is 1. The zero-order valence-electron chi connectivity index (χ0n) is 29.4. The number of nitrogens with one attached hydrogen (secondary N) is 2. The minimum atomic E-state index is -1.01. The van der Waals surface area contributed by atoms with Gasteiger partial charge in [-0.3, -0.25) is 14.4 Å². The molecule has 13 heteroatoms. The van der Waals surface area contributed by atoms with Crippen molar-refractivity contribution in [1.29, 1.82) is 0 Å². The van der Waals surface area contributed by atoms with Crippen LogP contribution in [0.15, 0.2) is 24.3 Å². The lowest BCUT2D eigenvalue weighted by Gasteiger charge is -2.59. The Morgan fingerprint density at radius 2 is 1.71 bits per heavy atom. The number of hydrogen-bond acceptors (Lipinski definition) is 11. The number of carbonyl (C=O) groups is 4. The molecule has 5 aliphatic rings. The minimum absolute atomic E-state index is 0.0148. The van der Waals surface area contributed by atoms with Crippen molar-refractivity contribution in [1.82, 2.24) is 10.6 Å². The second-order valence-electron chi connectivity index (χ2n) is 14.7. The van der Waals surface area contributed by atoms with Crippen LogP contribution in [0.5, 0.6) is 5.75 Å². The maximum absolute atomic E-state index is 13.4. The summed E-state index contributed by atoms with van der Waals surface area (Å²) in [5.74, 6) is -2.74. The molecule has 1 aliphatic carbocycles. The lowest BCUT2D eigenvalue weighted by Crippen LogP contribution is -2.70. The van der Waals surface area contributed by atoms with Crippen molar-refractivity contribution < 1.29 is 53.0 Å². The topological polar surface area (TPSA) is 168 Å². The van der Waals surface area contributed by atoms with E-state index in [1.807, 2.05) is 27.7 Å². The normalized spacial score (nSPS) is 33.0. The van der Waals surface area contributed by atoms with Crippen LogP contribution in [0.25, 0.3) is 0 Å². The number of phenols is 1. The van der Waals surface area contributed by atoms with Crippen molar-refractivity contribution in [2.75, 3.05) is 6.61 Å².